The fraction of sp³-hybridized carbons (Fsp3) is 0.333. The fourth-order valence-corrected chi connectivity index (χ4v) is 3.38. The molecule has 106 valence electrons. The molecule has 8 heteroatoms. The van der Waals surface area contributed by atoms with Crippen LogP contribution in [0.15, 0.2) is 22.6 Å². The number of sulfone groups is 1. The molecule has 0 atom stereocenters. The van der Waals surface area contributed by atoms with Crippen molar-refractivity contribution >= 4 is 32.9 Å². The van der Waals surface area contributed by atoms with E-state index in [1.54, 1.807) is 23.1 Å². The first-order chi connectivity index (χ1) is 9.46. The molecule has 0 bridgehead atoms. The lowest BCUT2D eigenvalue weighted by atomic mass is 10.2. The van der Waals surface area contributed by atoms with Crippen LogP contribution in [-0.4, -0.2) is 43.9 Å². The number of nitrogens with zero attached hydrogens (tertiary/aromatic N) is 2. The Morgan fingerprint density at radius 3 is 2.65 bits per heavy atom. The van der Waals surface area contributed by atoms with Gasteiger partial charge in [-0.15, -0.1) is 0 Å². The van der Waals surface area contributed by atoms with E-state index in [9.17, 15) is 13.2 Å². The highest BCUT2D eigenvalue weighted by Crippen LogP contribution is 2.25. The molecule has 3 rings (SSSR count). The van der Waals surface area contributed by atoms with Gasteiger partial charge in [-0.3, -0.25) is 4.79 Å². The van der Waals surface area contributed by atoms with E-state index in [-0.39, 0.29) is 11.5 Å². The number of carbonyl (C=O) groups excluding carboxylic acids is 1. The average Bonchev–Trinajstić information content (AvgIpc) is 2.81. The summed E-state index contributed by atoms with van der Waals surface area (Å²) in [7, 11) is -2.96. The van der Waals surface area contributed by atoms with Crippen LogP contribution in [0.1, 0.15) is 10.4 Å². The van der Waals surface area contributed by atoms with Crippen molar-refractivity contribution in [2.75, 3.05) is 29.5 Å². The second-order valence-corrected chi connectivity index (χ2v) is 6.96. The number of carbonyl (C=O) groups is 1. The smallest absolute Gasteiger partial charge is 0.298 e. The number of para-hydroxylation sites is 1. The van der Waals surface area contributed by atoms with Gasteiger partial charge in [-0.25, -0.2) is 8.42 Å². The monoisotopic (exact) mass is 295 g/mol. The van der Waals surface area contributed by atoms with Gasteiger partial charge in [-0.05, 0) is 12.1 Å². The van der Waals surface area contributed by atoms with E-state index in [0.717, 1.165) is 0 Å². The lowest BCUT2D eigenvalue weighted by Crippen LogP contribution is -2.40. The van der Waals surface area contributed by atoms with Crippen LogP contribution < -0.4 is 10.6 Å². The summed E-state index contributed by atoms with van der Waals surface area (Å²) in [5.74, 6) is -0.417. The minimum Gasteiger partial charge on any atom is -0.423 e. The molecule has 1 aliphatic heterocycles. The molecule has 0 radical (unpaired) electrons. The second kappa shape index (κ2) is 4.48. The van der Waals surface area contributed by atoms with Gasteiger partial charge in [-0.2, -0.15) is 4.98 Å². The molecule has 1 saturated heterocycles. The van der Waals surface area contributed by atoms with Crippen molar-refractivity contribution < 1.29 is 17.6 Å². The maximum atomic E-state index is 11.4. The highest BCUT2D eigenvalue weighted by Gasteiger charge is 2.25. The third-order valence-corrected chi connectivity index (χ3v) is 4.90. The summed E-state index contributed by atoms with van der Waals surface area (Å²) in [6.45, 7) is 0.669. The summed E-state index contributed by atoms with van der Waals surface area (Å²) in [6.07, 6.45) is 0. The highest BCUT2D eigenvalue weighted by molar-refractivity contribution is 7.91. The molecule has 7 nitrogen and oxygen atoms in total. The maximum absolute atomic E-state index is 11.4. The quantitative estimate of drug-likeness (QED) is 0.846. The van der Waals surface area contributed by atoms with Gasteiger partial charge in [0, 0.05) is 13.1 Å². The van der Waals surface area contributed by atoms with Gasteiger partial charge in [0.25, 0.3) is 11.9 Å². The Kier molecular flexibility index (Phi) is 2.89. The number of amides is 1. The van der Waals surface area contributed by atoms with Crippen LogP contribution >= 0.6 is 0 Å². The van der Waals surface area contributed by atoms with Crippen molar-refractivity contribution in [2.45, 2.75) is 0 Å². The molecule has 0 spiro atoms. The number of nitrogens with two attached hydrogens (primary N) is 1. The molecule has 1 aromatic carbocycles. The van der Waals surface area contributed by atoms with Gasteiger partial charge in [0.1, 0.15) is 5.52 Å². The summed E-state index contributed by atoms with van der Waals surface area (Å²) >= 11 is 0. The van der Waals surface area contributed by atoms with Crippen molar-refractivity contribution in [3.05, 3.63) is 23.8 Å². The Labute approximate surface area is 115 Å². The van der Waals surface area contributed by atoms with E-state index in [2.05, 4.69) is 4.98 Å². The Morgan fingerprint density at radius 1 is 1.30 bits per heavy atom. The first-order valence-corrected chi connectivity index (χ1v) is 7.93. The van der Waals surface area contributed by atoms with Gasteiger partial charge in [0.2, 0.25) is 0 Å². The molecule has 1 fully saturated rings. The number of anilines is 1. The van der Waals surface area contributed by atoms with Crippen LogP contribution in [0.2, 0.25) is 0 Å². The van der Waals surface area contributed by atoms with Crippen LogP contribution in [0.4, 0.5) is 6.01 Å². The number of oxazole rings is 1. The lowest BCUT2D eigenvalue weighted by molar-refractivity contribution is 0.100. The number of primary amides is 1. The number of benzene rings is 1. The number of fused-ring (bicyclic) bond motifs is 1. The Bertz CT molecular complexity index is 767. The van der Waals surface area contributed by atoms with E-state index in [1.807, 2.05) is 0 Å². The summed E-state index contributed by atoms with van der Waals surface area (Å²) in [4.78, 5) is 17.4. The van der Waals surface area contributed by atoms with Crippen molar-refractivity contribution in [1.82, 2.24) is 4.98 Å². The lowest BCUT2D eigenvalue weighted by Gasteiger charge is -2.24. The predicted molar refractivity (Wildman–Crippen MR) is 73.4 cm³/mol. The first-order valence-electron chi connectivity index (χ1n) is 6.11. The predicted octanol–water partition coefficient (Wildman–Crippen LogP) is 0.161. The van der Waals surface area contributed by atoms with E-state index < -0.39 is 15.7 Å². The summed E-state index contributed by atoms with van der Waals surface area (Å²) in [5.41, 5.74) is 6.45. The molecule has 2 heterocycles. The topological polar surface area (TPSA) is 107 Å². The Balaban J connectivity index is 1.98. The van der Waals surface area contributed by atoms with E-state index in [1.165, 1.54) is 0 Å². The molecule has 1 aromatic heterocycles. The van der Waals surface area contributed by atoms with Crippen LogP contribution in [0.25, 0.3) is 11.1 Å². The minimum absolute atomic E-state index is 0.0778. The van der Waals surface area contributed by atoms with Crippen LogP contribution in [0, 0.1) is 0 Å². The van der Waals surface area contributed by atoms with Crippen molar-refractivity contribution in [1.29, 1.82) is 0 Å². The zero-order chi connectivity index (χ0) is 14.3. The Morgan fingerprint density at radius 2 is 2.00 bits per heavy atom. The van der Waals surface area contributed by atoms with Crippen LogP contribution in [-0.2, 0) is 9.84 Å². The van der Waals surface area contributed by atoms with Crippen LogP contribution in [0.5, 0.6) is 0 Å². The zero-order valence-corrected chi connectivity index (χ0v) is 11.4. The Hall–Kier alpha value is -2.09. The molecule has 2 aromatic rings. The molecule has 0 saturated carbocycles. The minimum atomic E-state index is -2.96. The van der Waals surface area contributed by atoms with E-state index >= 15 is 0 Å². The summed E-state index contributed by atoms with van der Waals surface area (Å²) in [6, 6.07) is 5.26. The molecule has 20 heavy (non-hydrogen) atoms. The van der Waals surface area contributed by atoms with E-state index in [0.29, 0.717) is 35.8 Å². The normalized spacial score (nSPS) is 18.3. The highest BCUT2D eigenvalue weighted by atomic mass is 32.2. The number of aromatic nitrogens is 1. The molecular formula is C12H13N3O4S. The molecule has 1 amide bonds. The zero-order valence-electron chi connectivity index (χ0n) is 10.6. The molecule has 0 aliphatic carbocycles. The van der Waals surface area contributed by atoms with Crippen molar-refractivity contribution in [3.8, 4) is 0 Å². The van der Waals surface area contributed by atoms with Gasteiger partial charge in [-0.1, -0.05) is 6.07 Å². The average molecular weight is 295 g/mol. The fourth-order valence-electron chi connectivity index (χ4n) is 2.17. The standard InChI is InChI=1S/C12H13N3O4S/c13-11(16)8-2-1-3-9-10(8)14-12(19-9)15-4-6-20(17,18)7-5-15/h1-3H,4-7H2,(H2,13,16). The molecule has 2 N–H and O–H groups in total. The molecular weight excluding hydrogens is 282 g/mol. The van der Waals surface area contributed by atoms with Gasteiger partial charge >= 0.3 is 0 Å². The van der Waals surface area contributed by atoms with Crippen molar-refractivity contribution in [3.63, 3.8) is 0 Å². The first kappa shape index (κ1) is 12.9. The summed E-state index contributed by atoms with van der Waals surface area (Å²) < 4.78 is 28.4. The largest absolute Gasteiger partial charge is 0.423 e. The molecule has 0 unspecified atom stereocenters. The third kappa shape index (κ3) is 2.22. The number of rotatable bonds is 2. The maximum Gasteiger partial charge on any atom is 0.298 e. The van der Waals surface area contributed by atoms with Gasteiger partial charge < -0.3 is 15.1 Å². The SMILES string of the molecule is NC(=O)c1cccc2oc(N3CCS(=O)(=O)CC3)nc12. The van der Waals surface area contributed by atoms with E-state index in [4.69, 9.17) is 10.2 Å². The van der Waals surface area contributed by atoms with Gasteiger partial charge in [0.05, 0.1) is 17.1 Å². The third-order valence-electron chi connectivity index (χ3n) is 3.29. The number of hydrogen-bond donors (Lipinski definition) is 1. The van der Waals surface area contributed by atoms with Crippen molar-refractivity contribution in [2.24, 2.45) is 5.73 Å². The van der Waals surface area contributed by atoms with Gasteiger partial charge in [0.15, 0.2) is 15.4 Å². The number of hydrogen-bond acceptors (Lipinski definition) is 6. The second-order valence-electron chi connectivity index (χ2n) is 4.65. The summed E-state index contributed by atoms with van der Waals surface area (Å²) in [5, 5.41) is 0. The van der Waals surface area contributed by atoms with Crippen LogP contribution in [0.3, 0.4) is 0 Å². The molecule has 1 aliphatic rings.